The van der Waals surface area contributed by atoms with Crippen molar-refractivity contribution in [1.29, 1.82) is 0 Å². The van der Waals surface area contributed by atoms with Gasteiger partial charge in [0, 0.05) is 13.6 Å². The SMILES string of the molecule is CSC1=CCCN1C. The van der Waals surface area contributed by atoms with Crippen LogP contribution in [0.3, 0.4) is 0 Å². The van der Waals surface area contributed by atoms with E-state index in [1.807, 2.05) is 11.8 Å². The molecule has 1 aliphatic heterocycles. The van der Waals surface area contributed by atoms with Gasteiger partial charge in [-0.2, -0.15) is 0 Å². The highest BCUT2D eigenvalue weighted by molar-refractivity contribution is 8.02. The minimum absolute atomic E-state index is 1.20. The molecule has 0 aromatic heterocycles. The Balaban J connectivity index is 2.49. The van der Waals surface area contributed by atoms with Crippen LogP contribution < -0.4 is 0 Å². The number of rotatable bonds is 1. The van der Waals surface area contributed by atoms with Gasteiger partial charge in [0.1, 0.15) is 0 Å². The van der Waals surface area contributed by atoms with E-state index < -0.39 is 0 Å². The van der Waals surface area contributed by atoms with Gasteiger partial charge in [0.25, 0.3) is 0 Å². The predicted molar refractivity (Wildman–Crippen MR) is 38.8 cm³/mol. The third-order valence-electron chi connectivity index (χ3n) is 1.37. The Labute approximate surface area is 54.8 Å². The summed E-state index contributed by atoms with van der Waals surface area (Å²) >= 11 is 1.83. The van der Waals surface area contributed by atoms with Crippen LogP contribution in [-0.2, 0) is 0 Å². The second-order valence-corrected chi connectivity index (χ2v) is 2.78. The standard InChI is InChI=1S/C6H11NS/c1-7-5-3-4-6(7)8-2/h4H,3,5H2,1-2H3. The summed E-state index contributed by atoms with van der Waals surface area (Å²) in [6, 6.07) is 0. The lowest BCUT2D eigenvalue weighted by atomic mass is 10.5. The number of hydrogen-bond acceptors (Lipinski definition) is 2. The third-order valence-corrected chi connectivity index (χ3v) is 2.27. The first-order valence-corrected chi connectivity index (χ1v) is 4.02. The number of nitrogens with zero attached hydrogens (tertiary/aromatic N) is 1. The number of thioether (sulfide) groups is 1. The lowest BCUT2D eigenvalue weighted by molar-refractivity contribution is 0.486. The van der Waals surface area contributed by atoms with Crippen LogP contribution in [0.15, 0.2) is 11.1 Å². The highest BCUT2D eigenvalue weighted by atomic mass is 32.2. The molecule has 2 heteroatoms. The van der Waals surface area contributed by atoms with E-state index in [1.54, 1.807) is 0 Å². The van der Waals surface area contributed by atoms with Crippen molar-refractivity contribution in [2.75, 3.05) is 19.8 Å². The van der Waals surface area contributed by atoms with Crippen LogP contribution in [0, 0.1) is 0 Å². The molecule has 1 rings (SSSR count). The lowest BCUT2D eigenvalue weighted by Gasteiger charge is -2.12. The molecule has 1 aliphatic rings. The first-order chi connectivity index (χ1) is 3.84. The van der Waals surface area contributed by atoms with Crippen molar-refractivity contribution < 1.29 is 0 Å². The molecule has 0 aromatic carbocycles. The monoisotopic (exact) mass is 129 g/mol. The van der Waals surface area contributed by atoms with Gasteiger partial charge >= 0.3 is 0 Å². The van der Waals surface area contributed by atoms with Crippen LogP contribution in [0.4, 0.5) is 0 Å². The van der Waals surface area contributed by atoms with Crippen molar-refractivity contribution in [2.24, 2.45) is 0 Å². The molecule has 0 atom stereocenters. The van der Waals surface area contributed by atoms with Crippen LogP contribution in [0.2, 0.25) is 0 Å². The summed E-state index contributed by atoms with van der Waals surface area (Å²) in [7, 11) is 2.13. The van der Waals surface area contributed by atoms with Gasteiger partial charge in [-0.1, -0.05) is 6.08 Å². The zero-order valence-electron chi connectivity index (χ0n) is 5.35. The van der Waals surface area contributed by atoms with Crippen molar-refractivity contribution in [3.8, 4) is 0 Å². The average molecular weight is 129 g/mol. The van der Waals surface area contributed by atoms with E-state index in [9.17, 15) is 0 Å². The van der Waals surface area contributed by atoms with Gasteiger partial charge in [0.15, 0.2) is 0 Å². The third kappa shape index (κ3) is 0.996. The highest BCUT2D eigenvalue weighted by Gasteiger charge is 2.06. The first kappa shape index (κ1) is 6.02. The highest BCUT2D eigenvalue weighted by Crippen LogP contribution is 2.21. The van der Waals surface area contributed by atoms with Crippen molar-refractivity contribution in [3.05, 3.63) is 11.1 Å². The minimum Gasteiger partial charge on any atom is -0.369 e. The maximum Gasteiger partial charge on any atom is 0.0662 e. The van der Waals surface area contributed by atoms with E-state index in [-0.39, 0.29) is 0 Å². The molecule has 0 saturated heterocycles. The second-order valence-electron chi connectivity index (χ2n) is 1.96. The van der Waals surface area contributed by atoms with Crippen LogP contribution in [0.25, 0.3) is 0 Å². The Morgan fingerprint density at radius 1 is 1.75 bits per heavy atom. The summed E-state index contributed by atoms with van der Waals surface area (Å²) in [6.07, 6.45) is 5.63. The van der Waals surface area contributed by atoms with E-state index >= 15 is 0 Å². The normalized spacial score (nSPS) is 19.2. The smallest absolute Gasteiger partial charge is 0.0662 e. The van der Waals surface area contributed by atoms with E-state index in [4.69, 9.17) is 0 Å². The van der Waals surface area contributed by atoms with Crippen LogP contribution in [0.5, 0.6) is 0 Å². The molecule has 0 radical (unpaired) electrons. The van der Waals surface area contributed by atoms with Crippen molar-refractivity contribution in [2.45, 2.75) is 6.42 Å². The molecule has 0 N–H and O–H groups in total. The van der Waals surface area contributed by atoms with Gasteiger partial charge in [0.05, 0.1) is 5.03 Å². The molecule has 0 unspecified atom stereocenters. The van der Waals surface area contributed by atoms with Crippen molar-refractivity contribution in [1.82, 2.24) is 4.90 Å². The minimum atomic E-state index is 1.20. The first-order valence-electron chi connectivity index (χ1n) is 2.80. The fourth-order valence-corrected chi connectivity index (χ4v) is 1.57. The largest absolute Gasteiger partial charge is 0.369 e. The van der Waals surface area contributed by atoms with Gasteiger partial charge in [-0.3, -0.25) is 0 Å². The maximum absolute atomic E-state index is 2.28. The molecule has 0 aromatic rings. The van der Waals surface area contributed by atoms with Crippen LogP contribution in [0.1, 0.15) is 6.42 Å². The van der Waals surface area contributed by atoms with E-state index in [1.165, 1.54) is 18.0 Å². The summed E-state index contributed by atoms with van der Waals surface area (Å²) < 4.78 is 0. The van der Waals surface area contributed by atoms with E-state index in [0.29, 0.717) is 0 Å². The molecule has 0 aliphatic carbocycles. The average Bonchev–Trinajstić information content (AvgIpc) is 2.14. The van der Waals surface area contributed by atoms with Crippen molar-refractivity contribution >= 4 is 11.8 Å². The zero-order valence-corrected chi connectivity index (χ0v) is 6.16. The Morgan fingerprint density at radius 2 is 2.50 bits per heavy atom. The molecule has 0 bridgehead atoms. The molecule has 0 amide bonds. The molecule has 0 fully saturated rings. The zero-order chi connectivity index (χ0) is 5.98. The fraction of sp³-hybridized carbons (Fsp3) is 0.667. The maximum atomic E-state index is 2.28. The molecular weight excluding hydrogens is 118 g/mol. The summed E-state index contributed by atoms with van der Waals surface area (Å²) in [5.74, 6) is 0. The fourth-order valence-electron chi connectivity index (χ4n) is 0.887. The van der Waals surface area contributed by atoms with Gasteiger partial charge < -0.3 is 4.90 Å². The van der Waals surface area contributed by atoms with Gasteiger partial charge in [-0.25, -0.2) is 0 Å². The molecule has 0 spiro atoms. The summed E-state index contributed by atoms with van der Waals surface area (Å²) in [6.45, 7) is 1.20. The predicted octanol–water partition coefficient (Wildman–Crippen LogP) is 1.53. The molecule has 8 heavy (non-hydrogen) atoms. The Bertz CT molecular complexity index is 109. The molecule has 46 valence electrons. The molecule has 0 saturated carbocycles. The summed E-state index contributed by atoms with van der Waals surface area (Å²) in [5.41, 5.74) is 0. The van der Waals surface area contributed by atoms with Crippen LogP contribution >= 0.6 is 11.8 Å². The molecule has 1 heterocycles. The van der Waals surface area contributed by atoms with E-state index in [0.717, 1.165) is 0 Å². The van der Waals surface area contributed by atoms with Gasteiger partial charge in [-0.05, 0) is 12.7 Å². The molecule has 1 nitrogen and oxygen atoms in total. The topological polar surface area (TPSA) is 3.24 Å². The number of hydrogen-bond donors (Lipinski definition) is 0. The quantitative estimate of drug-likeness (QED) is 0.528. The van der Waals surface area contributed by atoms with Crippen LogP contribution in [-0.4, -0.2) is 24.7 Å². The Hall–Kier alpha value is -0.110. The Kier molecular flexibility index (Phi) is 1.84. The summed E-state index contributed by atoms with van der Waals surface area (Å²) in [5, 5.41) is 1.42. The second kappa shape index (κ2) is 2.44. The van der Waals surface area contributed by atoms with Gasteiger partial charge in [-0.15, -0.1) is 11.8 Å². The lowest BCUT2D eigenvalue weighted by Crippen LogP contribution is -2.10. The van der Waals surface area contributed by atoms with Crippen molar-refractivity contribution in [3.63, 3.8) is 0 Å². The van der Waals surface area contributed by atoms with Gasteiger partial charge in [0.2, 0.25) is 0 Å². The molecular formula is C6H11NS. The summed E-state index contributed by atoms with van der Waals surface area (Å²) in [4.78, 5) is 2.28. The van der Waals surface area contributed by atoms with E-state index in [2.05, 4.69) is 24.3 Å². The Morgan fingerprint density at radius 3 is 2.75 bits per heavy atom.